The van der Waals surface area contributed by atoms with Crippen molar-refractivity contribution in [1.82, 2.24) is 9.80 Å². The Morgan fingerprint density at radius 1 is 1.06 bits per heavy atom. The molecule has 1 atom stereocenters. The van der Waals surface area contributed by atoms with Crippen molar-refractivity contribution < 1.29 is 23.7 Å². The van der Waals surface area contributed by atoms with Gasteiger partial charge in [0, 0.05) is 50.5 Å². The van der Waals surface area contributed by atoms with Gasteiger partial charge in [-0.15, -0.1) is 0 Å². The second-order valence-corrected chi connectivity index (χ2v) is 9.35. The summed E-state index contributed by atoms with van der Waals surface area (Å²) in [7, 11) is 4.94. The van der Waals surface area contributed by atoms with Gasteiger partial charge in [0.15, 0.2) is 11.5 Å². The highest BCUT2D eigenvalue weighted by Crippen LogP contribution is 2.31. The van der Waals surface area contributed by atoms with Crippen molar-refractivity contribution in [3.05, 3.63) is 65.9 Å². The molecule has 0 saturated carbocycles. The summed E-state index contributed by atoms with van der Waals surface area (Å²) in [5.74, 6) is 2.02. The number of carbonyl (C=O) groups excluding carboxylic acids is 1. The van der Waals surface area contributed by atoms with Crippen LogP contribution in [-0.4, -0.2) is 68.9 Å². The van der Waals surface area contributed by atoms with Crippen LogP contribution < -0.4 is 14.2 Å². The number of carbonyl (C=O) groups is 1. The van der Waals surface area contributed by atoms with Crippen LogP contribution in [0.5, 0.6) is 17.2 Å². The number of amides is 1. The summed E-state index contributed by atoms with van der Waals surface area (Å²) in [5.41, 5.74) is 2.89. The van der Waals surface area contributed by atoms with Crippen molar-refractivity contribution in [3.8, 4) is 17.2 Å². The van der Waals surface area contributed by atoms with Crippen LogP contribution >= 0.6 is 0 Å². The maximum Gasteiger partial charge on any atom is 0.254 e. The molecule has 0 spiro atoms. The zero-order chi connectivity index (χ0) is 26.1. The van der Waals surface area contributed by atoms with Crippen LogP contribution in [-0.2, 0) is 11.3 Å². The Bertz CT molecular complexity index is 1010. The normalized spacial score (nSPS) is 15.7. The number of rotatable bonds is 12. The zero-order valence-electron chi connectivity index (χ0n) is 22.3. The van der Waals surface area contributed by atoms with E-state index in [1.165, 1.54) is 5.56 Å². The summed E-state index contributed by atoms with van der Waals surface area (Å²) in [6.07, 6.45) is 2.50. The van der Waals surface area contributed by atoms with E-state index in [0.29, 0.717) is 30.3 Å². The molecular weight excluding hydrogens is 456 g/mol. The van der Waals surface area contributed by atoms with E-state index in [-0.39, 0.29) is 18.0 Å². The van der Waals surface area contributed by atoms with Crippen molar-refractivity contribution in [2.75, 3.05) is 41.1 Å². The van der Waals surface area contributed by atoms with Gasteiger partial charge in [-0.2, -0.15) is 0 Å². The molecule has 2 aromatic rings. The molecule has 196 valence electrons. The monoisotopic (exact) mass is 496 g/mol. The molecule has 7 nitrogen and oxygen atoms in total. The highest BCUT2D eigenvalue weighted by Gasteiger charge is 2.32. The summed E-state index contributed by atoms with van der Waals surface area (Å²) in [4.78, 5) is 18.1. The Labute approximate surface area is 215 Å². The number of methoxy groups -OCH3 is 3. The molecule has 0 radical (unpaired) electrons. The molecule has 1 aliphatic heterocycles. The van der Waals surface area contributed by atoms with Gasteiger partial charge in [0.2, 0.25) is 0 Å². The lowest BCUT2D eigenvalue weighted by Gasteiger charge is -2.43. The first-order chi connectivity index (χ1) is 17.4. The van der Waals surface area contributed by atoms with E-state index in [1.54, 1.807) is 33.5 Å². The van der Waals surface area contributed by atoms with Crippen LogP contribution in [0.25, 0.3) is 0 Å². The maximum absolute atomic E-state index is 13.8. The molecule has 0 aromatic heterocycles. The summed E-state index contributed by atoms with van der Waals surface area (Å²) in [6, 6.07) is 13.6. The van der Waals surface area contributed by atoms with Crippen molar-refractivity contribution in [3.63, 3.8) is 0 Å². The zero-order valence-corrected chi connectivity index (χ0v) is 22.3. The highest BCUT2D eigenvalue weighted by molar-refractivity contribution is 5.95. The lowest BCUT2D eigenvalue weighted by molar-refractivity contribution is 0.0500. The fourth-order valence-electron chi connectivity index (χ4n) is 4.60. The molecule has 1 unspecified atom stereocenters. The molecular formula is C29H40N2O5. The second-order valence-electron chi connectivity index (χ2n) is 9.35. The van der Waals surface area contributed by atoms with E-state index in [1.807, 2.05) is 23.1 Å². The van der Waals surface area contributed by atoms with Crippen molar-refractivity contribution in [1.29, 1.82) is 0 Å². The van der Waals surface area contributed by atoms with Crippen LogP contribution in [0.2, 0.25) is 0 Å². The third kappa shape index (κ3) is 6.94. The van der Waals surface area contributed by atoms with Gasteiger partial charge in [-0.05, 0) is 62.6 Å². The van der Waals surface area contributed by atoms with E-state index < -0.39 is 0 Å². The Hall–Kier alpha value is -3.19. The number of nitrogens with zero attached hydrogens (tertiary/aromatic N) is 2. The van der Waals surface area contributed by atoms with Crippen molar-refractivity contribution in [2.45, 2.75) is 51.7 Å². The van der Waals surface area contributed by atoms with Gasteiger partial charge in [0.05, 0.1) is 26.9 Å². The minimum absolute atomic E-state index is 0.00342. The van der Waals surface area contributed by atoms with E-state index in [0.717, 1.165) is 43.8 Å². The Kier molecular flexibility index (Phi) is 10.1. The average Bonchev–Trinajstić information content (AvgIpc) is 2.88. The van der Waals surface area contributed by atoms with Gasteiger partial charge in [0.25, 0.3) is 5.91 Å². The largest absolute Gasteiger partial charge is 0.497 e. The molecule has 7 heteroatoms. The Morgan fingerprint density at radius 2 is 1.81 bits per heavy atom. The minimum Gasteiger partial charge on any atom is -0.497 e. The summed E-state index contributed by atoms with van der Waals surface area (Å²) in [6.45, 7) is 11.0. The number of hydrogen-bond acceptors (Lipinski definition) is 6. The average molecular weight is 497 g/mol. The first kappa shape index (κ1) is 27.4. The molecule has 1 amide bonds. The molecule has 1 heterocycles. The molecule has 1 fully saturated rings. The highest BCUT2D eigenvalue weighted by atomic mass is 16.5. The topological polar surface area (TPSA) is 60.5 Å². The maximum atomic E-state index is 13.8. The van der Waals surface area contributed by atoms with Crippen LogP contribution in [0.4, 0.5) is 0 Å². The number of likely N-dealkylation sites (tertiary alicyclic amines) is 1. The number of benzene rings is 2. The third-order valence-corrected chi connectivity index (χ3v) is 6.52. The molecule has 1 aliphatic rings. The first-order valence-electron chi connectivity index (χ1n) is 12.6. The van der Waals surface area contributed by atoms with Crippen LogP contribution in [0.1, 0.15) is 49.0 Å². The third-order valence-electron chi connectivity index (χ3n) is 6.52. The number of allylic oxidation sites excluding steroid dienone is 1. The molecule has 1 saturated heterocycles. The molecule has 2 aromatic carbocycles. The lowest BCUT2D eigenvalue weighted by atomic mass is 9.98. The van der Waals surface area contributed by atoms with E-state index >= 15 is 0 Å². The Morgan fingerprint density at radius 3 is 2.44 bits per heavy atom. The van der Waals surface area contributed by atoms with Crippen molar-refractivity contribution in [2.24, 2.45) is 0 Å². The smallest absolute Gasteiger partial charge is 0.254 e. The SMILES string of the molecule is C=C1CCC(N(C(=O)c2ccc(OC)c(OCCCOC)c2)C(C)C)CN1Cc1ccc(OC)cc1. The standard InChI is InChI=1S/C29H40N2O5/c1-21(2)31(29(32)24-11-15-27(35-6)28(18-24)36-17-7-16-33-4)25-12-8-22(3)30(20-25)19-23-9-13-26(34-5)14-10-23/h9-11,13-15,18,21,25H,3,7-8,12,16-17,19-20H2,1-2,4-6H3. The lowest BCUT2D eigenvalue weighted by Crippen LogP contribution is -2.52. The van der Waals surface area contributed by atoms with E-state index in [4.69, 9.17) is 18.9 Å². The number of piperidine rings is 1. The van der Waals surface area contributed by atoms with Gasteiger partial charge < -0.3 is 28.7 Å². The summed E-state index contributed by atoms with van der Waals surface area (Å²) >= 11 is 0. The van der Waals surface area contributed by atoms with Crippen molar-refractivity contribution >= 4 is 5.91 Å². The molecule has 3 rings (SSSR count). The van der Waals surface area contributed by atoms with Gasteiger partial charge >= 0.3 is 0 Å². The molecule has 0 N–H and O–H groups in total. The molecule has 0 aliphatic carbocycles. The van der Waals surface area contributed by atoms with Crippen LogP contribution in [0.15, 0.2) is 54.7 Å². The van der Waals surface area contributed by atoms with Gasteiger partial charge in [-0.3, -0.25) is 4.79 Å². The van der Waals surface area contributed by atoms with Gasteiger partial charge in [0.1, 0.15) is 5.75 Å². The van der Waals surface area contributed by atoms with E-state index in [2.05, 4.69) is 37.5 Å². The quantitative estimate of drug-likeness (QED) is 0.379. The van der Waals surface area contributed by atoms with Gasteiger partial charge in [-0.1, -0.05) is 18.7 Å². The first-order valence-corrected chi connectivity index (χ1v) is 12.6. The predicted octanol–water partition coefficient (Wildman–Crippen LogP) is 5.15. The minimum atomic E-state index is -0.00342. The fourth-order valence-corrected chi connectivity index (χ4v) is 4.60. The predicted molar refractivity (Wildman–Crippen MR) is 142 cm³/mol. The second kappa shape index (κ2) is 13.2. The fraction of sp³-hybridized carbons (Fsp3) is 0.483. The van der Waals surface area contributed by atoms with Gasteiger partial charge in [-0.25, -0.2) is 0 Å². The number of hydrogen-bond donors (Lipinski definition) is 0. The van der Waals surface area contributed by atoms with Crippen LogP contribution in [0, 0.1) is 0 Å². The summed E-state index contributed by atoms with van der Waals surface area (Å²) in [5, 5.41) is 0. The summed E-state index contributed by atoms with van der Waals surface area (Å²) < 4.78 is 21.7. The molecule has 36 heavy (non-hydrogen) atoms. The Balaban J connectivity index is 1.76. The van der Waals surface area contributed by atoms with E-state index in [9.17, 15) is 4.79 Å². The van der Waals surface area contributed by atoms with Crippen LogP contribution in [0.3, 0.4) is 0 Å². The number of ether oxygens (including phenoxy) is 4. The molecule has 0 bridgehead atoms.